The molecule has 0 unspecified atom stereocenters. The zero-order valence-electron chi connectivity index (χ0n) is 21.4. The van der Waals surface area contributed by atoms with Gasteiger partial charge < -0.3 is 20.4 Å². The minimum absolute atomic E-state index is 0.0853. The first-order valence-corrected chi connectivity index (χ1v) is 12.4. The first-order chi connectivity index (χ1) is 17.3. The molecule has 0 aliphatic carbocycles. The van der Waals surface area contributed by atoms with Crippen molar-refractivity contribution in [2.24, 2.45) is 0 Å². The summed E-state index contributed by atoms with van der Waals surface area (Å²) in [4.78, 5) is 33.8. The van der Waals surface area contributed by atoms with E-state index in [1.807, 2.05) is 48.3 Å². The molecule has 1 aliphatic rings. The summed E-state index contributed by atoms with van der Waals surface area (Å²) >= 11 is 0. The van der Waals surface area contributed by atoms with Crippen LogP contribution in [0.25, 0.3) is 0 Å². The van der Waals surface area contributed by atoms with Gasteiger partial charge in [-0.05, 0) is 43.0 Å². The van der Waals surface area contributed by atoms with Gasteiger partial charge in [0.15, 0.2) is 0 Å². The van der Waals surface area contributed by atoms with Crippen molar-refractivity contribution in [2.45, 2.75) is 38.8 Å². The average Bonchev–Trinajstić information content (AvgIpc) is 2.88. The van der Waals surface area contributed by atoms with E-state index in [9.17, 15) is 9.59 Å². The number of carbonyl (C=O) groups excluding carboxylic acids is 2. The number of amides is 2. The van der Waals surface area contributed by atoms with Crippen LogP contribution in [0.5, 0.6) is 0 Å². The number of piperazine rings is 1. The molecule has 2 N–H and O–H groups in total. The molecule has 1 aromatic heterocycles. The Morgan fingerprint density at radius 3 is 2.44 bits per heavy atom. The average molecular weight is 486 g/mol. The number of pyridine rings is 1. The van der Waals surface area contributed by atoms with Crippen molar-refractivity contribution in [1.29, 1.82) is 0 Å². The molecule has 1 saturated heterocycles. The van der Waals surface area contributed by atoms with Crippen LogP contribution in [0.2, 0.25) is 0 Å². The van der Waals surface area contributed by atoms with E-state index in [1.54, 1.807) is 17.2 Å². The second kappa shape index (κ2) is 11.4. The summed E-state index contributed by atoms with van der Waals surface area (Å²) < 4.78 is 0. The van der Waals surface area contributed by atoms with Crippen LogP contribution >= 0.6 is 0 Å². The number of hydrogen-bond acceptors (Lipinski definition) is 5. The van der Waals surface area contributed by atoms with E-state index in [2.05, 4.69) is 60.7 Å². The maximum atomic E-state index is 13.4. The van der Waals surface area contributed by atoms with Gasteiger partial charge in [-0.3, -0.25) is 9.59 Å². The number of benzene rings is 2. The van der Waals surface area contributed by atoms with Crippen molar-refractivity contribution >= 4 is 23.3 Å². The van der Waals surface area contributed by atoms with Gasteiger partial charge in [0.25, 0.3) is 0 Å². The van der Waals surface area contributed by atoms with E-state index in [-0.39, 0.29) is 23.8 Å². The second-order valence-electron chi connectivity index (χ2n) is 9.71. The zero-order chi connectivity index (χ0) is 25.7. The van der Waals surface area contributed by atoms with E-state index in [1.165, 1.54) is 11.1 Å². The molecule has 0 spiro atoms. The Balaban J connectivity index is 1.44. The number of aryl methyl sites for hydroxylation is 1. The summed E-state index contributed by atoms with van der Waals surface area (Å²) in [6.07, 6.45) is 1.72. The van der Waals surface area contributed by atoms with Crippen LogP contribution in [-0.4, -0.2) is 54.4 Å². The fourth-order valence-electron chi connectivity index (χ4n) is 4.51. The lowest BCUT2D eigenvalue weighted by molar-refractivity contribution is -0.130. The van der Waals surface area contributed by atoms with Crippen LogP contribution in [0.1, 0.15) is 42.5 Å². The summed E-state index contributed by atoms with van der Waals surface area (Å²) in [6, 6.07) is 21.6. The highest BCUT2D eigenvalue weighted by molar-refractivity contribution is 5.95. The van der Waals surface area contributed by atoms with Gasteiger partial charge in [-0.25, -0.2) is 4.98 Å². The summed E-state index contributed by atoms with van der Waals surface area (Å²) in [5.41, 5.74) is 4.22. The molecule has 1 aliphatic heterocycles. The quantitative estimate of drug-likeness (QED) is 0.502. The molecule has 2 amide bonds. The molecule has 7 heteroatoms. The predicted octanol–water partition coefficient (Wildman–Crippen LogP) is 4.13. The zero-order valence-corrected chi connectivity index (χ0v) is 21.4. The number of nitrogens with zero attached hydrogens (tertiary/aromatic N) is 3. The molecule has 2 heterocycles. The topological polar surface area (TPSA) is 77.6 Å². The van der Waals surface area contributed by atoms with Gasteiger partial charge in [0.1, 0.15) is 11.9 Å². The van der Waals surface area contributed by atoms with Gasteiger partial charge in [-0.2, -0.15) is 0 Å². The van der Waals surface area contributed by atoms with E-state index >= 15 is 0 Å². The van der Waals surface area contributed by atoms with Gasteiger partial charge in [-0.1, -0.05) is 67.1 Å². The van der Waals surface area contributed by atoms with Gasteiger partial charge in [0, 0.05) is 26.2 Å². The highest BCUT2D eigenvalue weighted by Gasteiger charge is 2.27. The van der Waals surface area contributed by atoms with Gasteiger partial charge in [-0.15, -0.1) is 0 Å². The van der Waals surface area contributed by atoms with Crippen molar-refractivity contribution in [2.75, 3.05) is 36.9 Å². The SMILES string of the molecule is Cc1ccc([C@H](C)CN[C@H](C(=O)Nc2ccc(N3CC(=O)N(C)C[C@H]3C)cn2)c2ccccc2)cc1. The van der Waals surface area contributed by atoms with Crippen LogP contribution in [0.3, 0.4) is 0 Å². The van der Waals surface area contributed by atoms with Crippen LogP contribution in [0.15, 0.2) is 72.9 Å². The molecular formula is C29H35N5O2. The summed E-state index contributed by atoms with van der Waals surface area (Å²) in [6.45, 7) is 7.97. The number of rotatable bonds is 8. The van der Waals surface area contributed by atoms with Crippen LogP contribution in [0.4, 0.5) is 11.5 Å². The Hall–Kier alpha value is -3.71. The van der Waals surface area contributed by atoms with Crippen molar-refractivity contribution in [3.8, 4) is 0 Å². The molecule has 1 fully saturated rings. The number of anilines is 2. The van der Waals surface area contributed by atoms with Crippen molar-refractivity contribution in [3.63, 3.8) is 0 Å². The monoisotopic (exact) mass is 485 g/mol. The summed E-state index contributed by atoms with van der Waals surface area (Å²) in [7, 11) is 1.83. The Labute approximate surface area is 213 Å². The Morgan fingerprint density at radius 1 is 1.06 bits per heavy atom. The van der Waals surface area contributed by atoms with Crippen LogP contribution in [0, 0.1) is 6.92 Å². The maximum Gasteiger partial charge on any atom is 0.247 e. The lowest BCUT2D eigenvalue weighted by Crippen LogP contribution is -2.53. The van der Waals surface area contributed by atoms with Crippen LogP contribution in [-0.2, 0) is 9.59 Å². The highest BCUT2D eigenvalue weighted by Crippen LogP contribution is 2.23. The molecule has 3 aromatic rings. The molecule has 4 rings (SSSR count). The summed E-state index contributed by atoms with van der Waals surface area (Å²) in [5.74, 6) is 0.643. The fourth-order valence-corrected chi connectivity index (χ4v) is 4.51. The number of nitrogens with one attached hydrogen (secondary N) is 2. The number of likely N-dealkylation sites (N-methyl/N-ethyl adjacent to an activating group) is 1. The van der Waals surface area contributed by atoms with Crippen molar-refractivity contribution in [1.82, 2.24) is 15.2 Å². The molecule has 7 nitrogen and oxygen atoms in total. The van der Waals surface area contributed by atoms with Gasteiger partial charge in [0.05, 0.1) is 18.4 Å². The Kier molecular flexibility index (Phi) is 8.00. The minimum atomic E-state index is -0.518. The minimum Gasteiger partial charge on any atom is -0.356 e. The van der Waals surface area contributed by atoms with Crippen molar-refractivity contribution < 1.29 is 9.59 Å². The van der Waals surface area contributed by atoms with E-state index in [4.69, 9.17) is 0 Å². The van der Waals surface area contributed by atoms with E-state index in [0.29, 0.717) is 25.5 Å². The molecule has 188 valence electrons. The fraction of sp³-hybridized carbons (Fsp3) is 0.345. The predicted molar refractivity (Wildman–Crippen MR) is 144 cm³/mol. The third kappa shape index (κ3) is 6.10. The van der Waals surface area contributed by atoms with Crippen molar-refractivity contribution in [3.05, 3.63) is 89.6 Å². The molecular weight excluding hydrogens is 450 g/mol. The normalized spacial score (nSPS) is 17.6. The molecule has 2 aromatic carbocycles. The third-order valence-corrected chi connectivity index (χ3v) is 6.80. The second-order valence-corrected chi connectivity index (χ2v) is 9.71. The largest absolute Gasteiger partial charge is 0.356 e. The maximum absolute atomic E-state index is 13.4. The Morgan fingerprint density at radius 2 is 1.78 bits per heavy atom. The molecule has 0 saturated carbocycles. The Bertz CT molecular complexity index is 1160. The molecule has 3 atom stereocenters. The smallest absolute Gasteiger partial charge is 0.247 e. The molecule has 0 bridgehead atoms. The number of hydrogen-bond donors (Lipinski definition) is 2. The van der Waals surface area contributed by atoms with E-state index in [0.717, 1.165) is 11.3 Å². The van der Waals surface area contributed by atoms with Crippen LogP contribution < -0.4 is 15.5 Å². The molecule has 36 heavy (non-hydrogen) atoms. The molecule has 0 radical (unpaired) electrons. The first kappa shape index (κ1) is 25.4. The van der Waals surface area contributed by atoms with Gasteiger partial charge in [0.2, 0.25) is 11.8 Å². The summed E-state index contributed by atoms with van der Waals surface area (Å²) in [5, 5.41) is 6.42. The van der Waals surface area contributed by atoms with Gasteiger partial charge >= 0.3 is 0 Å². The first-order valence-electron chi connectivity index (χ1n) is 12.4. The van der Waals surface area contributed by atoms with E-state index < -0.39 is 6.04 Å². The number of aromatic nitrogens is 1. The lowest BCUT2D eigenvalue weighted by atomic mass is 9.98. The highest BCUT2D eigenvalue weighted by atomic mass is 16.2. The lowest BCUT2D eigenvalue weighted by Gasteiger charge is -2.39. The standard InChI is InChI=1S/C29H35N5O2/c1-20-10-12-23(13-11-20)21(2)16-31-28(24-8-6-5-7-9-24)29(36)32-26-15-14-25(17-30-26)34-19-27(35)33(4)18-22(34)3/h5-15,17,21-22,28,31H,16,18-19H2,1-4H3,(H,30,32,36)/t21-,22-,28+/m1/s1. The number of carbonyl (C=O) groups is 2. The third-order valence-electron chi connectivity index (χ3n) is 6.80.